The molecule has 2 heterocycles. The summed E-state index contributed by atoms with van der Waals surface area (Å²) in [5.41, 5.74) is 2.33. The summed E-state index contributed by atoms with van der Waals surface area (Å²) in [6, 6.07) is 16.7. The third-order valence-corrected chi connectivity index (χ3v) is 5.94. The van der Waals surface area contributed by atoms with E-state index in [0.717, 1.165) is 67.0 Å². The van der Waals surface area contributed by atoms with Crippen molar-refractivity contribution in [2.24, 2.45) is 0 Å². The molecule has 1 saturated heterocycles. The molecule has 1 fully saturated rings. The van der Waals surface area contributed by atoms with Crippen LogP contribution in [0.1, 0.15) is 5.56 Å². The fraction of sp³-hybridized carbons (Fsp3) is 0.381. The van der Waals surface area contributed by atoms with E-state index in [0.29, 0.717) is 0 Å². The summed E-state index contributed by atoms with van der Waals surface area (Å²) in [6.07, 6.45) is 0. The fourth-order valence-electron chi connectivity index (χ4n) is 3.29. The molecule has 3 aromatic rings. The molecule has 142 valence electrons. The lowest BCUT2D eigenvalue weighted by Crippen LogP contribution is -2.41. The highest BCUT2D eigenvalue weighted by molar-refractivity contribution is 7.22. The van der Waals surface area contributed by atoms with Gasteiger partial charge in [-0.15, -0.1) is 0 Å². The summed E-state index contributed by atoms with van der Waals surface area (Å²) in [5.74, 6) is 0.876. The van der Waals surface area contributed by atoms with Crippen LogP contribution < -0.4 is 9.64 Å². The molecule has 1 aliphatic heterocycles. The standard InChI is InChI=1S/C21H25N3O2S/c1-25-18-7-8-19-20(15-18)27-21(22-19)24(16-17-5-3-2-4-6-17)10-9-23-11-13-26-14-12-23/h2-8,15H,9-14,16H2,1H3. The van der Waals surface area contributed by atoms with Crippen molar-refractivity contribution >= 4 is 26.7 Å². The molecule has 0 unspecified atom stereocenters. The average Bonchev–Trinajstić information content (AvgIpc) is 3.15. The molecule has 0 saturated carbocycles. The molecule has 27 heavy (non-hydrogen) atoms. The lowest BCUT2D eigenvalue weighted by Gasteiger charge is -2.30. The average molecular weight is 384 g/mol. The van der Waals surface area contributed by atoms with Gasteiger partial charge in [0.2, 0.25) is 0 Å². The van der Waals surface area contributed by atoms with E-state index < -0.39 is 0 Å². The van der Waals surface area contributed by atoms with Crippen molar-refractivity contribution in [1.29, 1.82) is 0 Å². The monoisotopic (exact) mass is 383 g/mol. The van der Waals surface area contributed by atoms with Crippen molar-refractivity contribution in [1.82, 2.24) is 9.88 Å². The van der Waals surface area contributed by atoms with E-state index in [1.807, 2.05) is 12.1 Å². The zero-order valence-corrected chi connectivity index (χ0v) is 16.5. The molecule has 1 aromatic heterocycles. The van der Waals surface area contributed by atoms with Gasteiger partial charge in [-0.3, -0.25) is 4.90 Å². The number of nitrogens with zero attached hydrogens (tertiary/aromatic N) is 3. The molecular weight excluding hydrogens is 358 g/mol. The first-order chi connectivity index (χ1) is 13.3. The second-order valence-electron chi connectivity index (χ2n) is 6.69. The smallest absolute Gasteiger partial charge is 0.186 e. The van der Waals surface area contributed by atoms with Gasteiger partial charge in [-0.25, -0.2) is 4.98 Å². The Morgan fingerprint density at radius 3 is 2.74 bits per heavy atom. The van der Waals surface area contributed by atoms with Crippen molar-refractivity contribution in [3.05, 3.63) is 54.1 Å². The number of hydrogen-bond donors (Lipinski definition) is 0. The third-order valence-electron chi connectivity index (χ3n) is 4.86. The quantitative estimate of drug-likeness (QED) is 0.623. The highest BCUT2D eigenvalue weighted by Gasteiger charge is 2.16. The number of hydrogen-bond acceptors (Lipinski definition) is 6. The minimum atomic E-state index is 0.833. The number of aromatic nitrogens is 1. The first-order valence-electron chi connectivity index (χ1n) is 9.35. The molecule has 0 aliphatic carbocycles. The number of ether oxygens (including phenoxy) is 2. The Morgan fingerprint density at radius 1 is 1.15 bits per heavy atom. The van der Waals surface area contributed by atoms with E-state index in [9.17, 15) is 0 Å². The predicted molar refractivity (Wildman–Crippen MR) is 111 cm³/mol. The van der Waals surface area contributed by atoms with Crippen LogP contribution in [0.15, 0.2) is 48.5 Å². The van der Waals surface area contributed by atoms with Gasteiger partial charge in [0.05, 0.1) is 30.5 Å². The van der Waals surface area contributed by atoms with Crippen molar-refractivity contribution in [2.75, 3.05) is 51.4 Å². The maximum absolute atomic E-state index is 5.47. The van der Waals surface area contributed by atoms with Gasteiger partial charge in [-0.05, 0) is 23.8 Å². The highest BCUT2D eigenvalue weighted by atomic mass is 32.1. The van der Waals surface area contributed by atoms with Gasteiger partial charge in [-0.2, -0.15) is 0 Å². The van der Waals surface area contributed by atoms with Crippen molar-refractivity contribution in [3.63, 3.8) is 0 Å². The second-order valence-corrected chi connectivity index (χ2v) is 7.70. The van der Waals surface area contributed by atoms with Crippen molar-refractivity contribution in [2.45, 2.75) is 6.54 Å². The van der Waals surface area contributed by atoms with Gasteiger partial charge in [0.1, 0.15) is 5.75 Å². The zero-order chi connectivity index (χ0) is 18.5. The Kier molecular flexibility index (Phi) is 5.87. The number of benzene rings is 2. The molecule has 0 bridgehead atoms. The van der Waals surface area contributed by atoms with Crippen molar-refractivity contribution < 1.29 is 9.47 Å². The van der Waals surface area contributed by atoms with Gasteiger partial charge in [0.15, 0.2) is 5.13 Å². The number of fused-ring (bicyclic) bond motifs is 1. The lowest BCUT2D eigenvalue weighted by molar-refractivity contribution is 0.0391. The van der Waals surface area contributed by atoms with E-state index in [4.69, 9.17) is 14.5 Å². The largest absolute Gasteiger partial charge is 0.497 e. The summed E-state index contributed by atoms with van der Waals surface area (Å²) >= 11 is 1.73. The Morgan fingerprint density at radius 2 is 1.96 bits per heavy atom. The maximum Gasteiger partial charge on any atom is 0.186 e. The van der Waals surface area contributed by atoms with Gasteiger partial charge in [0, 0.05) is 32.7 Å². The Labute approximate surface area is 164 Å². The minimum Gasteiger partial charge on any atom is -0.497 e. The normalized spacial score (nSPS) is 15.1. The van der Waals surface area contributed by atoms with Crippen LogP contribution in [0.2, 0.25) is 0 Å². The summed E-state index contributed by atoms with van der Waals surface area (Å²) in [4.78, 5) is 9.75. The third kappa shape index (κ3) is 4.58. The number of thiazole rings is 1. The molecule has 6 heteroatoms. The molecule has 0 amide bonds. The summed E-state index contributed by atoms with van der Waals surface area (Å²) in [5, 5.41) is 1.07. The first-order valence-corrected chi connectivity index (χ1v) is 10.2. The van der Waals surface area contributed by atoms with E-state index in [1.54, 1.807) is 18.4 Å². The van der Waals surface area contributed by atoms with Crippen LogP contribution in [0.4, 0.5) is 5.13 Å². The molecule has 5 nitrogen and oxygen atoms in total. The Hall–Kier alpha value is -2.15. The number of methoxy groups -OCH3 is 1. The molecule has 2 aromatic carbocycles. The summed E-state index contributed by atoms with van der Waals surface area (Å²) in [6.45, 7) is 6.52. The van der Waals surface area contributed by atoms with E-state index >= 15 is 0 Å². The molecule has 4 rings (SSSR count). The van der Waals surface area contributed by atoms with Crippen LogP contribution in [0, 0.1) is 0 Å². The summed E-state index contributed by atoms with van der Waals surface area (Å²) in [7, 11) is 1.70. The predicted octanol–water partition coefficient (Wildman–Crippen LogP) is 3.64. The zero-order valence-electron chi connectivity index (χ0n) is 15.6. The molecule has 0 radical (unpaired) electrons. The van der Waals surface area contributed by atoms with Crippen LogP contribution in [-0.4, -0.2) is 56.4 Å². The molecular formula is C21H25N3O2S. The SMILES string of the molecule is COc1ccc2nc(N(CCN3CCOCC3)Cc3ccccc3)sc2c1. The van der Waals surface area contributed by atoms with Gasteiger partial charge < -0.3 is 14.4 Å². The van der Waals surface area contributed by atoms with Gasteiger partial charge in [-0.1, -0.05) is 41.7 Å². The van der Waals surface area contributed by atoms with Crippen LogP contribution in [0.25, 0.3) is 10.2 Å². The minimum absolute atomic E-state index is 0.833. The van der Waals surface area contributed by atoms with Crippen LogP contribution in [0.5, 0.6) is 5.75 Å². The van der Waals surface area contributed by atoms with Crippen LogP contribution in [-0.2, 0) is 11.3 Å². The molecule has 1 aliphatic rings. The second kappa shape index (κ2) is 8.69. The molecule has 0 N–H and O–H groups in total. The topological polar surface area (TPSA) is 37.8 Å². The van der Waals surface area contributed by atoms with Gasteiger partial charge in [0.25, 0.3) is 0 Å². The van der Waals surface area contributed by atoms with Gasteiger partial charge >= 0.3 is 0 Å². The first kappa shape index (κ1) is 18.2. The molecule has 0 atom stereocenters. The Balaban J connectivity index is 1.55. The van der Waals surface area contributed by atoms with E-state index in [-0.39, 0.29) is 0 Å². The van der Waals surface area contributed by atoms with Crippen LogP contribution in [0.3, 0.4) is 0 Å². The fourth-order valence-corrected chi connectivity index (χ4v) is 4.31. The van der Waals surface area contributed by atoms with E-state index in [2.05, 4.69) is 46.2 Å². The lowest BCUT2D eigenvalue weighted by atomic mass is 10.2. The highest BCUT2D eigenvalue weighted by Crippen LogP contribution is 2.32. The Bertz CT molecular complexity index is 862. The van der Waals surface area contributed by atoms with Crippen molar-refractivity contribution in [3.8, 4) is 5.75 Å². The summed E-state index contributed by atoms with van der Waals surface area (Å²) < 4.78 is 12.0. The molecule has 0 spiro atoms. The number of morpholine rings is 1. The maximum atomic E-state index is 5.47. The number of rotatable bonds is 7. The number of anilines is 1. The van der Waals surface area contributed by atoms with Crippen LogP contribution >= 0.6 is 11.3 Å². The van der Waals surface area contributed by atoms with E-state index in [1.165, 1.54) is 5.56 Å².